The van der Waals surface area contributed by atoms with Crippen LogP contribution in [0.25, 0.3) is 0 Å². The molecule has 2 fully saturated rings. The van der Waals surface area contributed by atoms with E-state index >= 15 is 0 Å². The smallest absolute Gasteiger partial charge is 0.254 e. The third-order valence-corrected chi connectivity index (χ3v) is 4.71. The minimum atomic E-state index is -0.718. The van der Waals surface area contributed by atoms with E-state index in [1.54, 1.807) is 4.90 Å². The molecule has 6 heteroatoms. The van der Waals surface area contributed by atoms with Gasteiger partial charge in [-0.25, -0.2) is 8.78 Å². The van der Waals surface area contributed by atoms with Gasteiger partial charge in [0.2, 0.25) is 0 Å². The quantitative estimate of drug-likeness (QED) is 0.849. The zero-order valence-corrected chi connectivity index (χ0v) is 14.2. The van der Waals surface area contributed by atoms with E-state index in [1.165, 1.54) is 0 Å². The number of likely N-dealkylation sites (tertiary alicyclic amines) is 1. The first kappa shape index (κ1) is 17.3. The second kappa shape index (κ2) is 7.15. The van der Waals surface area contributed by atoms with E-state index in [0.717, 1.165) is 50.7 Å². The highest BCUT2D eigenvalue weighted by atomic mass is 19.1. The van der Waals surface area contributed by atoms with Crippen LogP contribution in [0.2, 0.25) is 0 Å². The van der Waals surface area contributed by atoms with Gasteiger partial charge in [-0.2, -0.15) is 0 Å². The van der Waals surface area contributed by atoms with E-state index in [4.69, 9.17) is 4.74 Å². The fourth-order valence-corrected chi connectivity index (χ4v) is 3.87. The Bertz CT molecular complexity index is 580. The molecule has 0 aromatic heterocycles. The molecular weight excluding hydrogens is 314 g/mol. The molecule has 2 saturated heterocycles. The van der Waals surface area contributed by atoms with Crippen molar-refractivity contribution in [2.75, 3.05) is 26.2 Å². The van der Waals surface area contributed by atoms with Gasteiger partial charge in [0.15, 0.2) is 0 Å². The van der Waals surface area contributed by atoms with Gasteiger partial charge in [-0.1, -0.05) is 0 Å². The second-order valence-corrected chi connectivity index (χ2v) is 6.93. The topological polar surface area (TPSA) is 32.8 Å². The van der Waals surface area contributed by atoms with Gasteiger partial charge in [0.25, 0.3) is 5.91 Å². The summed E-state index contributed by atoms with van der Waals surface area (Å²) in [5.74, 6) is -1.72. The molecule has 0 unspecified atom stereocenters. The Morgan fingerprint density at radius 2 is 1.79 bits per heavy atom. The highest BCUT2D eigenvalue weighted by molar-refractivity contribution is 5.94. The Labute approximate surface area is 141 Å². The lowest BCUT2D eigenvalue weighted by molar-refractivity contribution is -0.0715. The number of halogens is 2. The Morgan fingerprint density at radius 3 is 2.42 bits per heavy atom. The van der Waals surface area contributed by atoms with Crippen LogP contribution in [0, 0.1) is 11.6 Å². The van der Waals surface area contributed by atoms with Crippen LogP contribution in [0.1, 0.15) is 37.0 Å². The second-order valence-electron chi connectivity index (χ2n) is 6.93. The lowest BCUT2D eigenvalue weighted by Crippen LogP contribution is -2.50. The van der Waals surface area contributed by atoms with Crippen LogP contribution in [0.3, 0.4) is 0 Å². The zero-order chi connectivity index (χ0) is 17.3. The number of benzene rings is 1. The molecular formula is C18H24F2N2O2. The molecule has 0 spiro atoms. The Kier molecular flexibility index (Phi) is 5.15. The van der Waals surface area contributed by atoms with E-state index < -0.39 is 11.6 Å². The van der Waals surface area contributed by atoms with Crippen molar-refractivity contribution in [1.82, 2.24) is 9.80 Å². The number of nitrogens with zero attached hydrogens (tertiary/aromatic N) is 2. The van der Waals surface area contributed by atoms with Gasteiger partial charge in [0, 0.05) is 43.9 Å². The fraction of sp³-hybridized carbons (Fsp3) is 0.611. The van der Waals surface area contributed by atoms with Crippen LogP contribution in [-0.2, 0) is 4.74 Å². The lowest BCUT2D eigenvalue weighted by Gasteiger charge is -2.38. The van der Waals surface area contributed by atoms with Crippen molar-refractivity contribution in [3.05, 3.63) is 35.4 Å². The molecule has 3 atom stereocenters. The molecule has 3 rings (SSSR count). The predicted molar refractivity (Wildman–Crippen MR) is 86.9 cm³/mol. The summed E-state index contributed by atoms with van der Waals surface area (Å²) in [7, 11) is 0. The van der Waals surface area contributed by atoms with Crippen LogP contribution in [0.5, 0.6) is 0 Å². The van der Waals surface area contributed by atoms with Crippen molar-refractivity contribution < 1.29 is 18.3 Å². The molecule has 0 bridgehead atoms. The minimum absolute atomic E-state index is 0.0846. The molecule has 0 aliphatic carbocycles. The van der Waals surface area contributed by atoms with Crippen molar-refractivity contribution in [2.45, 2.75) is 44.9 Å². The van der Waals surface area contributed by atoms with Gasteiger partial charge in [-0.15, -0.1) is 0 Å². The molecule has 1 aromatic rings. The first-order valence-corrected chi connectivity index (χ1v) is 8.57. The van der Waals surface area contributed by atoms with Crippen molar-refractivity contribution >= 4 is 5.91 Å². The van der Waals surface area contributed by atoms with Gasteiger partial charge in [0.1, 0.15) is 11.6 Å². The number of hydrogen-bond acceptors (Lipinski definition) is 3. The molecule has 4 nitrogen and oxygen atoms in total. The number of carbonyl (C=O) groups excluding carboxylic acids is 1. The molecule has 2 heterocycles. The zero-order valence-electron chi connectivity index (χ0n) is 14.2. The number of carbonyl (C=O) groups is 1. The van der Waals surface area contributed by atoms with Crippen LogP contribution in [0.15, 0.2) is 18.2 Å². The summed E-state index contributed by atoms with van der Waals surface area (Å²) in [5.41, 5.74) is 0.0862. The minimum Gasteiger partial charge on any atom is -0.373 e. The van der Waals surface area contributed by atoms with Crippen LogP contribution in [-0.4, -0.2) is 60.1 Å². The third-order valence-electron chi connectivity index (χ3n) is 4.71. The number of hydrogen-bond donors (Lipinski definition) is 0. The van der Waals surface area contributed by atoms with Gasteiger partial charge in [0.05, 0.1) is 12.2 Å². The summed E-state index contributed by atoms with van der Waals surface area (Å²) in [6, 6.07) is 3.09. The summed E-state index contributed by atoms with van der Waals surface area (Å²) >= 11 is 0. The van der Waals surface area contributed by atoms with E-state index in [1.807, 2.05) is 0 Å². The van der Waals surface area contributed by atoms with Crippen LogP contribution < -0.4 is 0 Å². The molecule has 24 heavy (non-hydrogen) atoms. The van der Waals surface area contributed by atoms with E-state index in [0.29, 0.717) is 6.54 Å². The molecule has 132 valence electrons. The maximum atomic E-state index is 13.4. The maximum absolute atomic E-state index is 13.4. The Balaban J connectivity index is 1.69. The highest BCUT2D eigenvalue weighted by Crippen LogP contribution is 2.23. The maximum Gasteiger partial charge on any atom is 0.254 e. The van der Waals surface area contributed by atoms with Gasteiger partial charge < -0.3 is 9.64 Å². The van der Waals surface area contributed by atoms with Crippen LogP contribution in [0.4, 0.5) is 8.78 Å². The summed E-state index contributed by atoms with van der Waals surface area (Å²) in [4.78, 5) is 16.8. The number of ether oxygens (including phenoxy) is 1. The number of morpholine rings is 1. The normalized spacial score (nSPS) is 28.3. The number of rotatable bonds is 3. The van der Waals surface area contributed by atoms with Crippen molar-refractivity contribution in [3.8, 4) is 0 Å². The highest BCUT2D eigenvalue weighted by Gasteiger charge is 2.33. The monoisotopic (exact) mass is 338 g/mol. The molecule has 2 aliphatic heterocycles. The molecule has 0 radical (unpaired) electrons. The van der Waals surface area contributed by atoms with E-state index in [-0.39, 0.29) is 29.7 Å². The summed E-state index contributed by atoms with van der Waals surface area (Å²) in [5, 5.41) is 0. The third kappa shape index (κ3) is 3.92. The summed E-state index contributed by atoms with van der Waals surface area (Å²) in [6.07, 6.45) is 2.20. The van der Waals surface area contributed by atoms with Crippen LogP contribution >= 0.6 is 0 Å². The molecule has 1 aromatic carbocycles. The first-order valence-electron chi connectivity index (χ1n) is 8.57. The molecule has 1 amide bonds. The largest absolute Gasteiger partial charge is 0.373 e. The summed E-state index contributed by atoms with van der Waals surface area (Å²) in [6.45, 7) is 7.21. The standard InChI is InChI=1S/C18H24F2N2O2/c1-12-9-21(10-13(2)24-12)11-17-4-3-5-22(17)18(23)14-6-15(19)8-16(20)7-14/h6-8,12-13,17H,3-5,9-11H2,1-2H3/t12-,13-,17+/m1/s1. The Hall–Kier alpha value is -1.53. The van der Waals surface area contributed by atoms with Gasteiger partial charge in [-0.3, -0.25) is 9.69 Å². The predicted octanol–water partition coefficient (Wildman–Crippen LogP) is 2.68. The summed E-state index contributed by atoms with van der Waals surface area (Å²) < 4.78 is 32.5. The molecule has 0 saturated carbocycles. The van der Waals surface area contributed by atoms with Gasteiger partial charge in [-0.05, 0) is 38.8 Å². The SMILES string of the molecule is C[C@@H]1CN(C[C@@H]2CCCN2C(=O)c2cc(F)cc(F)c2)C[C@@H](C)O1. The van der Waals surface area contributed by atoms with Crippen molar-refractivity contribution in [1.29, 1.82) is 0 Å². The van der Waals surface area contributed by atoms with E-state index in [2.05, 4.69) is 18.7 Å². The van der Waals surface area contributed by atoms with Crippen molar-refractivity contribution in [3.63, 3.8) is 0 Å². The number of amides is 1. The van der Waals surface area contributed by atoms with Gasteiger partial charge >= 0.3 is 0 Å². The van der Waals surface area contributed by atoms with E-state index in [9.17, 15) is 13.6 Å². The first-order chi connectivity index (χ1) is 11.4. The average molecular weight is 338 g/mol. The molecule has 0 N–H and O–H groups in total. The molecule has 2 aliphatic rings. The lowest BCUT2D eigenvalue weighted by atomic mass is 10.1. The van der Waals surface area contributed by atoms with Crippen molar-refractivity contribution in [2.24, 2.45) is 0 Å². The Morgan fingerprint density at radius 1 is 1.17 bits per heavy atom. The fourth-order valence-electron chi connectivity index (χ4n) is 3.87. The average Bonchev–Trinajstić information content (AvgIpc) is 2.92.